The van der Waals surface area contributed by atoms with Gasteiger partial charge in [-0.3, -0.25) is 14.4 Å². The lowest BCUT2D eigenvalue weighted by molar-refractivity contribution is -0.152. The number of amides is 3. The summed E-state index contributed by atoms with van der Waals surface area (Å²) in [4.78, 5) is 34.7. The lowest BCUT2D eigenvalue weighted by Gasteiger charge is -2.34. The van der Waals surface area contributed by atoms with Gasteiger partial charge in [-0.1, -0.05) is 146 Å². The molecular formula is C72H83F4N7O4. The number of nitrogens with zero attached hydrogens (tertiary/aromatic N) is 1. The summed E-state index contributed by atoms with van der Waals surface area (Å²) < 4.78 is 54.8. The number of carbonyl (C=O) groups is 3. The van der Waals surface area contributed by atoms with Crippen molar-refractivity contribution in [2.75, 3.05) is 32.3 Å². The number of nitrogens with one attached hydrogen (secondary N) is 5. The Kier molecular flexibility index (Phi) is 19.2. The van der Waals surface area contributed by atoms with Gasteiger partial charge in [0.1, 0.15) is 0 Å². The predicted molar refractivity (Wildman–Crippen MR) is 343 cm³/mol. The molecule has 11 nitrogen and oxygen atoms in total. The number of fused-ring (bicyclic) bond motifs is 6. The normalized spacial score (nSPS) is 20.1. The maximum absolute atomic E-state index is 13.2. The van der Waals surface area contributed by atoms with Crippen molar-refractivity contribution >= 4 is 62.9 Å². The molecule has 4 atom stereocenters. The van der Waals surface area contributed by atoms with E-state index in [2.05, 4.69) is 141 Å². The Bertz CT molecular complexity index is 3740. The molecule has 14 rings (SSSR count). The number of halogens is 4. The highest BCUT2D eigenvalue weighted by Gasteiger charge is 2.39. The lowest BCUT2D eigenvalue weighted by atomic mass is 9.79. The van der Waals surface area contributed by atoms with Crippen LogP contribution in [-0.2, 0) is 46.5 Å². The Balaban J connectivity index is 0.000000125. The number of nitrogen functional groups attached to an aromatic ring is 1. The zero-order chi connectivity index (χ0) is 62.6. The molecule has 0 saturated heterocycles. The first kappa shape index (κ1) is 63.3. The van der Waals surface area contributed by atoms with E-state index in [4.69, 9.17) is 10.3 Å². The second kappa shape index (κ2) is 26.4. The van der Waals surface area contributed by atoms with Crippen molar-refractivity contribution in [2.45, 2.75) is 139 Å². The third kappa shape index (κ3) is 16.5. The molecule has 3 amide bonds. The summed E-state index contributed by atoms with van der Waals surface area (Å²) in [6.07, 6.45) is 5.37. The molecule has 7 aromatic rings. The first-order chi connectivity index (χ1) is 41.2. The number of nitrogens with two attached hydrogens (primary N) is 1. The van der Waals surface area contributed by atoms with Crippen LogP contribution in [0, 0.1) is 88.3 Å². The van der Waals surface area contributed by atoms with Crippen molar-refractivity contribution < 1.29 is 36.5 Å². The van der Waals surface area contributed by atoms with Gasteiger partial charge in [0, 0.05) is 63.0 Å². The number of hydrogen-bond acceptors (Lipinski definition) is 8. The minimum absolute atomic E-state index is 0.106. The number of anilines is 6. The lowest BCUT2D eigenvalue weighted by Crippen LogP contribution is -2.33. The fourth-order valence-corrected chi connectivity index (χ4v) is 11.9. The minimum atomic E-state index is -4.30. The molecule has 2 aliphatic carbocycles. The van der Waals surface area contributed by atoms with Crippen LogP contribution in [0.2, 0.25) is 0 Å². The van der Waals surface area contributed by atoms with Gasteiger partial charge in [0.05, 0.1) is 17.7 Å². The molecular weight excluding hydrogens is 1100 g/mol. The van der Waals surface area contributed by atoms with Crippen LogP contribution in [0.15, 0.2) is 132 Å². The van der Waals surface area contributed by atoms with Crippen LogP contribution in [0.1, 0.15) is 120 Å². The summed E-state index contributed by atoms with van der Waals surface area (Å²) in [5, 5.41) is 19.3. The summed E-state index contributed by atoms with van der Waals surface area (Å²) in [6.45, 7) is 26.7. The van der Waals surface area contributed by atoms with Gasteiger partial charge in [0.15, 0.2) is 11.6 Å². The van der Waals surface area contributed by atoms with E-state index in [-0.39, 0.29) is 46.9 Å². The summed E-state index contributed by atoms with van der Waals surface area (Å²) in [7, 11) is 0. The molecule has 0 bridgehead atoms. The number of hydrogen-bond donors (Lipinski definition) is 6. The van der Waals surface area contributed by atoms with Crippen molar-refractivity contribution in [1.82, 2.24) is 5.16 Å². The summed E-state index contributed by atoms with van der Waals surface area (Å²) >= 11 is 0. The Morgan fingerprint density at radius 1 is 0.586 bits per heavy atom. The molecule has 6 heterocycles. The average Bonchev–Trinajstić information content (AvgIpc) is 2.30. The summed E-state index contributed by atoms with van der Waals surface area (Å²) in [6, 6.07) is 34.3. The zero-order valence-electron chi connectivity index (χ0n) is 51.6. The molecule has 458 valence electrons. The number of allylic oxidation sites excluding steroid dienone is 2. The molecule has 2 saturated carbocycles. The third-order valence-electron chi connectivity index (χ3n) is 17.4. The van der Waals surface area contributed by atoms with Gasteiger partial charge >= 0.3 is 6.18 Å². The fraction of sp³-hybridized carbons (Fsp3) is 0.389. The quantitative estimate of drug-likeness (QED) is 0.0949. The Morgan fingerprint density at radius 2 is 1.03 bits per heavy atom. The second-order valence-electron chi connectivity index (χ2n) is 25.8. The molecule has 0 spiro atoms. The molecule has 4 unspecified atom stereocenters. The number of alkyl halides is 3. The molecule has 87 heavy (non-hydrogen) atoms. The van der Waals surface area contributed by atoms with Crippen LogP contribution >= 0.6 is 0 Å². The number of rotatable bonds is 4. The number of benzene rings is 6. The van der Waals surface area contributed by atoms with Crippen LogP contribution < -0.4 is 32.3 Å². The van der Waals surface area contributed by atoms with Crippen molar-refractivity contribution in [1.29, 1.82) is 0 Å². The third-order valence-corrected chi connectivity index (χ3v) is 17.4. The highest BCUT2D eigenvalue weighted by Crippen LogP contribution is 2.46. The van der Waals surface area contributed by atoms with Crippen LogP contribution in [0.3, 0.4) is 0 Å². The van der Waals surface area contributed by atoms with Crippen molar-refractivity contribution in [3.8, 4) is 0 Å². The van der Waals surface area contributed by atoms with Crippen molar-refractivity contribution in [2.24, 2.45) is 40.9 Å². The summed E-state index contributed by atoms with van der Waals surface area (Å²) in [5.74, 6) is 1.36. The topological polar surface area (TPSA) is 163 Å². The number of carbonyl (C=O) groups excluding carboxylic acids is 3. The maximum Gasteiger partial charge on any atom is 0.389 e. The number of aryl methyl sites for hydroxylation is 6. The second-order valence-corrected chi connectivity index (χ2v) is 25.8. The van der Waals surface area contributed by atoms with Crippen molar-refractivity contribution in [3.63, 3.8) is 0 Å². The van der Waals surface area contributed by atoms with E-state index in [1.807, 2.05) is 44.2 Å². The molecule has 15 heteroatoms. The molecule has 7 aliphatic rings. The van der Waals surface area contributed by atoms with Gasteiger partial charge in [-0.25, -0.2) is 4.39 Å². The fourth-order valence-electron chi connectivity index (χ4n) is 11.9. The van der Waals surface area contributed by atoms with E-state index in [0.29, 0.717) is 22.6 Å². The van der Waals surface area contributed by atoms with Crippen LogP contribution in [0.5, 0.6) is 0 Å². The van der Waals surface area contributed by atoms with Gasteiger partial charge in [-0.2, -0.15) is 13.2 Å². The van der Waals surface area contributed by atoms with E-state index >= 15 is 0 Å². The van der Waals surface area contributed by atoms with Crippen molar-refractivity contribution in [3.05, 3.63) is 195 Å². The smallest absolute Gasteiger partial charge is 0.380 e. The Labute approximate surface area is 509 Å². The molecule has 6 aromatic carbocycles. The monoisotopic (exact) mass is 1190 g/mol. The molecule has 0 radical (unpaired) electrons. The maximum atomic E-state index is 13.2. The van der Waals surface area contributed by atoms with E-state index in [0.717, 1.165) is 65.7 Å². The van der Waals surface area contributed by atoms with Gasteiger partial charge in [-0.05, 0) is 175 Å². The first-order valence-electron chi connectivity index (χ1n) is 30.4. The summed E-state index contributed by atoms with van der Waals surface area (Å²) in [5.41, 5.74) is 26.1. The van der Waals surface area contributed by atoms with Gasteiger partial charge in [0.25, 0.3) is 0 Å². The van der Waals surface area contributed by atoms with Gasteiger partial charge in [0.2, 0.25) is 23.3 Å². The Morgan fingerprint density at radius 3 is 1.54 bits per heavy atom. The first-order valence-corrected chi connectivity index (χ1v) is 30.4. The zero-order valence-corrected chi connectivity index (χ0v) is 51.6. The van der Waals surface area contributed by atoms with Gasteiger partial charge in [-0.15, -0.1) is 0 Å². The average molecular weight is 1190 g/mol. The minimum Gasteiger partial charge on any atom is -0.380 e. The largest absolute Gasteiger partial charge is 0.389 e. The van der Waals surface area contributed by atoms with E-state index in [1.54, 1.807) is 25.1 Å². The number of aromatic nitrogens is 1. The van der Waals surface area contributed by atoms with E-state index in [1.165, 1.54) is 93.7 Å². The molecule has 1 aromatic heterocycles. The highest BCUT2D eigenvalue weighted by atomic mass is 19.4. The van der Waals surface area contributed by atoms with E-state index < -0.39 is 30.2 Å². The SMILES string of the molecule is C=C1Nc2ccc(C)cc2CC1(C)C.C=C1Nc2ccc(C)cc2CC1C1CC1.Cc1ccc2c(N)noc2c1F.Cc1ccc2c(c1)CC(C)C(=O)N2.Cc1ccc2c(c1)CC(CC(F)(F)F)C(=O)N2.Cc1ccc2c(c1)CC(CC1CC1)C(=O)N2. The van der Waals surface area contributed by atoms with Crippen LogP contribution in [0.4, 0.5) is 51.8 Å². The predicted octanol–water partition coefficient (Wildman–Crippen LogP) is 17.0. The molecule has 2 fully saturated rings. The highest BCUT2D eigenvalue weighted by molar-refractivity contribution is 5.97. The molecule has 5 aliphatic heterocycles. The molecule has 7 N–H and O–H groups in total. The van der Waals surface area contributed by atoms with Gasteiger partial charge < -0.3 is 36.8 Å². The standard InChI is InChI=1S/C14H17NO.C14H17N.C13H17N.C12H12F3NO.C11H13NO.C8H7FN2O/c1-9-2-5-13-11(6-9)8-12(14(16)15-13)7-10-3-4-10;1-9-3-6-14-12(7-9)8-13(10(2)15-14)11-4-5-11;1-9-5-6-12-11(7-9)8-13(3,4)10(2)14-12;1-7-2-3-10-8(4-7)5-9(11(17)16-10)6-12(13,14)15;1-7-3-4-10-9(5-7)6-8(2)11(13)12-10;1-4-2-3-5-7(6(4)9)12-11-8(5)10/h2,5-6,10,12H,3-4,7-8H2,1H3,(H,15,16);3,6-7,11,13,15H,2,4-5,8H2,1H3;5-7,14H,2,8H2,1,3-4H3;2-4,9H,5-6H2,1H3,(H,16,17);3-5,8H,6H2,1-2H3,(H,12,13);2-3H,1H3,(H2,10,11). The van der Waals surface area contributed by atoms with E-state index in [9.17, 15) is 31.9 Å². The van der Waals surface area contributed by atoms with Crippen LogP contribution in [0.25, 0.3) is 11.0 Å². The Hall–Kier alpha value is -8.20. The van der Waals surface area contributed by atoms with Crippen LogP contribution in [-0.4, -0.2) is 29.1 Å².